The number of hydrogen-bond acceptors (Lipinski definition) is 5. The normalized spacial score (nSPS) is 12.5. The van der Waals surface area contributed by atoms with Crippen molar-refractivity contribution >= 4 is 21.9 Å². The zero-order valence-electron chi connectivity index (χ0n) is 13.3. The molecule has 4 rings (SSSR count). The average Bonchev–Trinajstić information content (AvgIpc) is 3.10. The number of nitrogens with zero attached hydrogens (tertiary/aromatic N) is 3. The molecule has 1 unspecified atom stereocenters. The maximum atomic E-state index is 12.4. The van der Waals surface area contributed by atoms with Crippen LogP contribution in [-0.4, -0.2) is 37.3 Å². The van der Waals surface area contributed by atoms with Crippen LogP contribution in [-0.2, 0) is 6.54 Å². The SMILES string of the molecule is O=c1c2ncccc2ncn1CC(O)COc1ccc2cc[nH]c2c1. The van der Waals surface area contributed by atoms with Gasteiger partial charge in [0.2, 0.25) is 0 Å². The number of aromatic amines is 1. The molecule has 0 radical (unpaired) electrons. The molecular formula is C18H16N4O3. The van der Waals surface area contributed by atoms with Gasteiger partial charge < -0.3 is 14.8 Å². The van der Waals surface area contributed by atoms with Gasteiger partial charge in [0.25, 0.3) is 5.56 Å². The van der Waals surface area contributed by atoms with Gasteiger partial charge in [-0.05, 0) is 35.7 Å². The van der Waals surface area contributed by atoms with Crippen LogP contribution in [0.3, 0.4) is 0 Å². The van der Waals surface area contributed by atoms with Crippen LogP contribution in [0.1, 0.15) is 0 Å². The largest absolute Gasteiger partial charge is 0.491 e. The van der Waals surface area contributed by atoms with Gasteiger partial charge in [-0.1, -0.05) is 0 Å². The lowest BCUT2D eigenvalue weighted by molar-refractivity contribution is 0.0915. The predicted octanol–water partition coefficient (Wildman–Crippen LogP) is 1.71. The summed E-state index contributed by atoms with van der Waals surface area (Å²) in [4.78, 5) is 23.7. The Morgan fingerprint density at radius 3 is 3.08 bits per heavy atom. The highest BCUT2D eigenvalue weighted by Crippen LogP contribution is 2.19. The van der Waals surface area contributed by atoms with Crippen LogP contribution in [0.4, 0.5) is 0 Å². The van der Waals surface area contributed by atoms with Gasteiger partial charge in [-0.25, -0.2) is 9.97 Å². The molecule has 0 aliphatic rings. The summed E-state index contributed by atoms with van der Waals surface area (Å²) in [6, 6.07) is 11.1. The minimum absolute atomic E-state index is 0.0684. The van der Waals surface area contributed by atoms with Crippen LogP contribution in [0.2, 0.25) is 0 Å². The lowest BCUT2D eigenvalue weighted by atomic mass is 10.2. The van der Waals surface area contributed by atoms with E-state index in [1.165, 1.54) is 10.9 Å². The Balaban J connectivity index is 1.46. The van der Waals surface area contributed by atoms with E-state index in [1.54, 1.807) is 18.3 Å². The number of aliphatic hydroxyl groups excluding tert-OH is 1. The fraction of sp³-hybridized carbons (Fsp3) is 0.167. The van der Waals surface area contributed by atoms with Gasteiger partial charge in [-0.2, -0.15) is 0 Å². The lowest BCUT2D eigenvalue weighted by Crippen LogP contribution is -2.30. The summed E-state index contributed by atoms with van der Waals surface area (Å²) in [5.74, 6) is 0.652. The van der Waals surface area contributed by atoms with Crippen LogP contribution >= 0.6 is 0 Å². The minimum atomic E-state index is -0.847. The summed E-state index contributed by atoms with van der Waals surface area (Å²) >= 11 is 0. The van der Waals surface area contributed by atoms with Crippen molar-refractivity contribution in [3.05, 3.63) is 65.5 Å². The van der Waals surface area contributed by atoms with E-state index in [-0.39, 0.29) is 24.2 Å². The highest BCUT2D eigenvalue weighted by molar-refractivity contribution is 5.80. The van der Waals surface area contributed by atoms with E-state index in [9.17, 15) is 9.90 Å². The van der Waals surface area contributed by atoms with Gasteiger partial charge in [0.05, 0.1) is 18.4 Å². The molecule has 2 N–H and O–H groups in total. The summed E-state index contributed by atoms with van der Waals surface area (Å²) in [6.07, 6.45) is 3.98. The number of nitrogens with one attached hydrogen (secondary N) is 1. The summed E-state index contributed by atoms with van der Waals surface area (Å²) < 4.78 is 6.97. The van der Waals surface area contributed by atoms with Crippen LogP contribution in [0.15, 0.2) is 59.9 Å². The summed E-state index contributed by atoms with van der Waals surface area (Å²) in [5, 5.41) is 11.3. The first-order valence-electron chi connectivity index (χ1n) is 7.89. The van der Waals surface area contributed by atoms with Gasteiger partial charge >= 0.3 is 0 Å². The van der Waals surface area contributed by atoms with Crippen molar-refractivity contribution in [2.45, 2.75) is 12.6 Å². The fourth-order valence-electron chi connectivity index (χ4n) is 2.71. The Bertz CT molecular complexity index is 1090. The Labute approximate surface area is 142 Å². The molecule has 0 saturated carbocycles. The Morgan fingerprint density at radius 2 is 2.16 bits per heavy atom. The number of benzene rings is 1. The average molecular weight is 336 g/mol. The first-order valence-corrected chi connectivity index (χ1v) is 7.89. The zero-order chi connectivity index (χ0) is 17.2. The smallest absolute Gasteiger partial charge is 0.279 e. The van der Waals surface area contributed by atoms with Gasteiger partial charge in [0.1, 0.15) is 18.5 Å². The van der Waals surface area contributed by atoms with E-state index in [2.05, 4.69) is 15.0 Å². The maximum Gasteiger partial charge on any atom is 0.279 e. The number of fused-ring (bicyclic) bond motifs is 2. The molecule has 126 valence electrons. The molecular weight excluding hydrogens is 320 g/mol. The van der Waals surface area contributed by atoms with Gasteiger partial charge in [-0.3, -0.25) is 9.36 Å². The maximum absolute atomic E-state index is 12.4. The molecule has 0 spiro atoms. The molecule has 25 heavy (non-hydrogen) atoms. The molecule has 3 aromatic heterocycles. The highest BCUT2D eigenvalue weighted by atomic mass is 16.5. The van der Waals surface area contributed by atoms with E-state index in [0.717, 1.165) is 10.9 Å². The fourth-order valence-corrected chi connectivity index (χ4v) is 2.71. The van der Waals surface area contributed by atoms with Crippen LogP contribution in [0.5, 0.6) is 5.75 Å². The third-order valence-electron chi connectivity index (χ3n) is 3.96. The molecule has 0 aliphatic carbocycles. The standard InChI is InChI=1S/C18H16N4O3/c23-13(10-25-14-4-3-12-5-7-19-16(12)8-14)9-22-11-21-15-2-1-6-20-17(15)18(22)24/h1-8,11,13,19,23H,9-10H2. The molecule has 0 bridgehead atoms. The Kier molecular flexibility index (Phi) is 3.91. The minimum Gasteiger partial charge on any atom is -0.491 e. The molecule has 1 aromatic carbocycles. The number of hydrogen-bond donors (Lipinski definition) is 2. The molecule has 1 atom stereocenters. The second-order valence-electron chi connectivity index (χ2n) is 5.76. The molecule has 0 aliphatic heterocycles. The first-order chi connectivity index (χ1) is 12.2. The van der Waals surface area contributed by atoms with Gasteiger partial charge in [0.15, 0.2) is 5.52 Å². The molecule has 3 heterocycles. The van der Waals surface area contributed by atoms with Crippen molar-refractivity contribution in [1.29, 1.82) is 0 Å². The second kappa shape index (κ2) is 6.37. The van der Waals surface area contributed by atoms with Gasteiger partial charge in [-0.15, -0.1) is 0 Å². The number of aliphatic hydroxyl groups is 1. The number of ether oxygens (including phenoxy) is 1. The Hall–Kier alpha value is -3.19. The summed E-state index contributed by atoms with van der Waals surface area (Å²) in [7, 11) is 0. The molecule has 7 nitrogen and oxygen atoms in total. The molecule has 7 heteroatoms. The van der Waals surface area contributed by atoms with Crippen molar-refractivity contribution in [2.75, 3.05) is 6.61 Å². The first kappa shape index (κ1) is 15.3. The molecule has 4 aromatic rings. The molecule has 0 amide bonds. The van der Waals surface area contributed by atoms with Crippen molar-refractivity contribution in [3.63, 3.8) is 0 Å². The lowest BCUT2D eigenvalue weighted by Gasteiger charge is -2.14. The third-order valence-corrected chi connectivity index (χ3v) is 3.96. The molecule has 0 saturated heterocycles. The highest BCUT2D eigenvalue weighted by Gasteiger charge is 2.11. The molecule has 0 fully saturated rings. The number of rotatable bonds is 5. The van der Waals surface area contributed by atoms with E-state index in [1.807, 2.05) is 30.5 Å². The van der Waals surface area contributed by atoms with E-state index >= 15 is 0 Å². The third kappa shape index (κ3) is 3.09. The van der Waals surface area contributed by atoms with E-state index in [4.69, 9.17) is 4.74 Å². The zero-order valence-corrected chi connectivity index (χ0v) is 13.3. The van der Waals surface area contributed by atoms with Crippen molar-refractivity contribution < 1.29 is 9.84 Å². The van der Waals surface area contributed by atoms with Crippen molar-refractivity contribution in [2.24, 2.45) is 0 Å². The predicted molar refractivity (Wildman–Crippen MR) is 93.6 cm³/mol. The second-order valence-corrected chi connectivity index (χ2v) is 5.76. The quantitative estimate of drug-likeness (QED) is 0.579. The number of H-pyrrole nitrogens is 1. The van der Waals surface area contributed by atoms with Crippen LogP contribution in [0.25, 0.3) is 21.9 Å². The van der Waals surface area contributed by atoms with Crippen LogP contribution < -0.4 is 10.3 Å². The van der Waals surface area contributed by atoms with Crippen LogP contribution in [0, 0.1) is 0 Å². The number of aromatic nitrogens is 4. The van der Waals surface area contributed by atoms with E-state index < -0.39 is 6.10 Å². The Morgan fingerprint density at radius 1 is 1.24 bits per heavy atom. The van der Waals surface area contributed by atoms with Crippen molar-refractivity contribution in [3.8, 4) is 5.75 Å². The van der Waals surface area contributed by atoms with E-state index in [0.29, 0.717) is 11.3 Å². The number of pyridine rings is 1. The summed E-state index contributed by atoms with van der Waals surface area (Å²) in [5.41, 5.74) is 1.51. The van der Waals surface area contributed by atoms with Crippen molar-refractivity contribution in [1.82, 2.24) is 19.5 Å². The summed E-state index contributed by atoms with van der Waals surface area (Å²) in [6.45, 7) is 0.155. The topological polar surface area (TPSA) is 93.0 Å². The van der Waals surface area contributed by atoms with Gasteiger partial charge in [0, 0.05) is 24.0 Å². The monoisotopic (exact) mass is 336 g/mol.